The summed E-state index contributed by atoms with van der Waals surface area (Å²) in [5, 5.41) is 0. The van der Waals surface area contributed by atoms with Crippen LogP contribution in [-0.4, -0.2) is 22.3 Å². The second-order valence-electron chi connectivity index (χ2n) is 9.38. The standard InChI is InChI=1S/C13H23N2Si2.C10H15.2CH3.Zr/c1-16(2,3)14-13(15-17(4,5)6)12-10-8-7-9-11-12;1-6-7(2)9(4)10(5)8(6)3;;;/h7-11H,1-6H3;1-5H3;2*1H3;/q-1;;2*-1;+4. The van der Waals surface area contributed by atoms with Crippen LogP contribution in [0.15, 0.2) is 35.0 Å². The minimum atomic E-state index is -1.49. The fourth-order valence-corrected chi connectivity index (χ4v) is 4.51. The largest absolute Gasteiger partial charge is 4.00 e. The number of nitrogens with zero attached hydrogens (tertiary/aromatic N) is 2. The van der Waals surface area contributed by atoms with Gasteiger partial charge in [-0.25, -0.2) is 0 Å². The Balaban J connectivity index is -0.000000488. The molecular weight excluding hydrogens is 476 g/mol. The molecule has 5 heteroatoms. The van der Waals surface area contributed by atoms with E-state index in [9.17, 15) is 0 Å². The Hall–Kier alpha value is 0.00688. The fraction of sp³-hybridized carbons (Fsp3) is 0.440. The Labute approximate surface area is 211 Å². The summed E-state index contributed by atoms with van der Waals surface area (Å²) in [6.45, 7) is 24.5. The summed E-state index contributed by atoms with van der Waals surface area (Å²) in [4.78, 5) is 4.89. The first-order valence-corrected chi connectivity index (χ1v) is 16.7. The van der Waals surface area contributed by atoms with E-state index in [1.54, 1.807) is 0 Å². The van der Waals surface area contributed by atoms with Crippen molar-refractivity contribution in [1.29, 1.82) is 0 Å². The van der Waals surface area contributed by atoms with E-state index in [1.165, 1.54) is 29.6 Å². The molecule has 0 saturated heterocycles. The first-order chi connectivity index (χ1) is 12.2. The van der Waals surface area contributed by atoms with Gasteiger partial charge in [-0.2, -0.15) is 0 Å². The van der Waals surface area contributed by atoms with Gasteiger partial charge in [0.2, 0.25) is 0 Å². The summed E-state index contributed by atoms with van der Waals surface area (Å²) in [7, 11) is -2.97. The zero-order valence-corrected chi connectivity index (χ0v) is 26.2. The Kier molecular flexibility index (Phi) is 16.4. The number of hydrogen-bond donors (Lipinski definition) is 0. The quantitative estimate of drug-likeness (QED) is 0.166. The molecule has 2 nitrogen and oxygen atoms in total. The predicted molar refractivity (Wildman–Crippen MR) is 140 cm³/mol. The third kappa shape index (κ3) is 11.6. The van der Waals surface area contributed by atoms with Crippen LogP contribution in [-0.2, 0) is 26.2 Å². The van der Waals surface area contributed by atoms with Crippen LogP contribution in [0.2, 0.25) is 39.3 Å². The molecule has 0 amide bonds. The maximum absolute atomic E-state index is 4.89. The molecule has 1 saturated carbocycles. The van der Waals surface area contributed by atoms with E-state index < -0.39 is 16.5 Å². The van der Waals surface area contributed by atoms with E-state index in [2.05, 4.69) is 98.2 Å². The van der Waals surface area contributed by atoms with Gasteiger partial charge in [-0.1, -0.05) is 110 Å². The Bertz CT molecular complexity index is 561. The molecule has 0 aromatic heterocycles. The molecule has 0 bridgehead atoms. The van der Waals surface area contributed by atoms with Crippen LogP contribution >= 0.6 is 0 Å². The number of benzene rings is 1. The number of amidine groups is 1. The summed E-state index contributed by atoms with van der Waals surface area (Å²) in [5.74, 6) is 8.30. The van der Waals surface area contributed by atoms with Crippen molar-refractivity contribution in [3.05, 3.63) is 85.3 Å². The smallest absolute Gasteiger partial charge is 0.472 e. The van der Waals surface area contributed by atoms with Gasteiger partial charge in [-0.3, -0.25) is 0 Å². The van der Waals surface area contributed by atoms with Crippen LogP contribution < -0.4 is 0 Å². The summed E-state index contributed by atoms with van der Waals surface area (Å²) < 4.78 is 4.89. The molecule has 1 aromatic rings. The van der Waals surface area contributed by atoms with Gasteiger partial charge in [-0.15, -0.1) is 0 Å². The summed E-state index contributed by atoms with van der Waals surface area (Å²) >= 11 is 0. The third-order valence-electron chi connectivity index (χ3n) is 4.73. The van der Waals surface area contributed by atoms with E-state index in [4.69, 9.17) is 9.64 Å². The molecule has 2 rings (SSSR count). The zero-order chi connectivity index (χ0) is 21.0. The number of rotatable bonds is 3. The van der Waals surface area contributed by atoms with Gasteiger partial charge >= 0.3 is 26.2 Å². The minimum Gasteiger partial charge on any atom is -0.472 e. The molecule has 1 aliphatic rings. The molecule has 0 N–H and O–H groups in total. The van der Waals surface area contributed by atoms with E-state index in [1.807, 2.05) is 6.07 Å². The number of hydrogen-bond acceptors (Lipinski definition) is 1. The monoisotopic (exact) mass is 518 g/mol. The molecule has 0 aliphatic heterocycles. The predicted octanol–water partition coefficient (Wildman–Crippen LogP) is 8.35. The van der Waals surface area contributed by atoms with Crippen LogP contribution in [0.5, 0.6) is 0 Å². The van der Waals surface area contributed by atoms with E-state index in [0.29, 0.717) is 0 Å². The summed E-state index contributed by atoms with van der Waals surface area (Å²) in [6, 6.07) is 10.3. The summed E-state index contributed by atoms with van der Waals surface area (Å²) in [5.41, 5.74) is 1.15. The first-order valence-electron chi connectivity index (χ1n) is 9.81. The Morgan fingerprint density at radius 2 is 1.00 bits per heavy atom. The van der Waals surface area contributed by atoms with E-state index in [0.717, 1.165) is 11.4 Å². The molecule has 1 fully saturated rings. The van der Waals surface area contributed by atoms with Crippen molar-refractivity contribution in [2.24, 2.45) is 4.66 Å². The van der Waals surface area contributed by atoms with Crippen molar-refractivity contribution < 1.29 is 26.2 Å². The van der Waals surface area contributed by atoms with Crippen LogP contribution in [0, 0.1) is 44.4 Å². The second-order valence-corrected chi connectivity index (χ2v) is 18.5. The normalized spacial score (nSPS) is 17.2. The Morgan fingerprint density at radius 1 is 0.667 bits per heavy atom. The molecule has 0 atom stereocenters. The van der Waals surface area contributed by atoms with Gasteiger partial charge in [0.05, 0.1) is 0 Å². The van der Waals surface area contributed by atoms with E-state index in [-0.39, 0.29) is 41.1 Å². The third-order valence-corrected chi connectivity index (χ3v) is 6.49. The molecule has 165 valence electrons. The summed E-state index contributed by atoms with van der Waals surface area (Å²) in [6.07, 6.45) is 0. The second kappa shape index (κ2) is 14.2. The van der Waals surface area contributed by atoms with Crippen LogP contribution in [0.25, 0.3) is 4.98 Å². The van der Waals surface area contributed by atoms with Crippen LogP contribution in [0.1, 0.15) is 40.2 Å². The van der Waals surface area contributed by atoms with Crippen molar-refractivity contribution >= 4 is 22.3 Å². The molecule has 0 unspecified atom stereocenters. The fourth-order valence-electron chi connectivity index (χ4n) is 2.78. The SMILES string of the molecule is C[C]1[C](C)[C](C)[C](C)[C]1C.C[Si](C)(C)/N=C(/[N-][Si](C)(C)C)c1ccccc1.[CH3-].[CH3-].[Zr+4]. The average Bonchev–Trinajstić information content (AvgIpc) is 2.71. The maximum atomic E-state index is 4.89. The molecule has 1 aromatic carbocycles. The van der Waals surface area contributed by atoms with Crippen molar-refractivity contribution in [1.82, 2.24) is 0 Å². The van der Waals surface area contributed by atoms with Gasteiger partial charge in [-0.05, 0) is 35.2 Å². The van der Waals surface area contributed by atoms with Crippen molar-refractivity contribution in [3.8, 4) is 0 Å². The van der Waals surface area contributed by atoms with Crippen LogP contribution in [0.4, 0.5) is 0 Å². The molecule has 1 aliphatic carbocycles. The van der Waals surface area contributed by atoms with Crippen LogP contribution in [0.3, 0.4) is 0 Å². The molecule has 0 spiro atoms. The minimum absolute atomic E-state index is 0. The van der Waals surface area contributed by atoms with Crippen molar-refractivity contribution in [2.45, 2.75) is 73.9 Å². The maximum Gasteiger partial charge on any atom is 4.00 e. The van der Waals surface area contributed by atoms with Gasteiger partial charge in [0, 0.05) is 16.5 Å². The average molecular weight is 520 g/mol. The molecule has 30 heavy (non-hydrogen) atoms. The topological polar surface area (TPSA) is 26.5 Å². The van der Waals surface area contributed by atoms with Gasteiger partial charge in [0.1, 0.15) is 0 Å². The molecule has 5 radical (unpaired) electrons. The van der Waals surface area contributed by atoms with Gasteiger partial charge in [0.25, 0.3) is 0 Å². The van der Waals surface area contributed by atoms with Gasteiger partial charge < -0.3 is 24.5 Å². The van der Waals surface area contributed by atoms with Gasteiger partial charge in [0.15, 0.2) is 0 Å². The molecule has 0 heterocycles. The Morgan fingerprint density at radius 3 is 1.27 bits per heavy atom. The first kappa shape index (κ1) is 34.6. The van der Waals surface area contributed by atoms with E-state index >= 15 is 0 Å². The van der Waals surface area contributed by atoms with Crippen molar-refractivity contribution in [3.63, 3.8) is 0 Å². The zero-order valence-electron chi connectivity index (χ0n) is 21.8. The molecular formula is C25H44N2Si2Zr+. The van der Waals surface area contributed by atoms with Crippen molar-refractivity contribution in [2.75, 3.05) is 0 Å².